The van der Waals surface area contributed by atoms with Gasteiger partial charge in [0.2, 0.25) is 0 Å². The summed E-state index contributed by atoms with van der Waals surface area (Å²) < 4.78 is 14.6. The number of aliphatic hydroxyl groups is 1. The lowest BCUT2D eigenvalue weighted by atomic mass is 10.1. The zero-order chi connectivity index (χ0) is 14.8. The largest absolute Gasteiger partial charge is 0.398 e. The van der Waals surface area contributed by atoms with Crippen LogP contribution in [0.5, 0.6) is 0 Å². The molecule has 1 saturated carbocycles. The number of anilines is 2. The van der Waals surface area contributed by atoms with E-state index in [9.17, 15) is 9.50 Å². The highest BCUT2D eigenvalue weighted by molar-refractivity contribution is 5.99. The topological polar surface area (TPSA) is 62.4 Å². The van der Waals surface area contributed by atoms with Crippen LogP contribution in [0, 0.1) is 5.82 Å². The van der Waals surface area contributed by atoms with E-state index >= 15 is 0 Å². The van der Waals surface area contributed by atoms with Crippen molar-refractivity contribution in [3.8, 4) is 0 Å². The molecule has 0 radical (unpaired) electrons. The summed E-state index contributed by atoms with van der Waals surface area (Å²) in [6.45, 7) is 0.409. The van der Waals surface area contributed by atoms with E-state index in [2.05, 4.69) is 4.98 Å². The van der Waals surface area contributed by atoms with Crippen molar-refractivity contribution in [3.63, 3.8) is 0 Å². The number of aromatic nitrogens is 1. The van der Waals surface area contributed by atoms with E-state index in [1.165, 1.54) is 6.07 Å². The Hall–Kier alpha value is -1.88. The molecule has 1 aromatic heterocycles. The summed E-state index contributed by atoms with van der Waals surface area (Å²) in [5, 5.41) is 10.1. The molecule has 3 rings (SSSR count). The predicted octanol–water partition coefficient (Wildman–Crippen LogP) is 2.70. The molecule has 0 spiro atoms. The average molecular weight is 289 g/mol. The number of nitrogens with zero attached hydrogens (tertiary/aromatic N) is 2. The second-order valence-corrected chi connectivity index (χ2v) is 5.55. The third-order valence-corrected chi connectivity index (χ3v) is 4.25. The van der Waals surface area contributed by atoms with E-state index in [4.69, 9.17) is 5.73 Å². The Morgan fingerprint density at radius 2 is 2.14 bits per heavy atom. The van der Waals surface area contributed by atoms with Gasteiger partial charge >= 0.3 is 0 Å². The zero-order valence-corrected chi connectivity index (χ0v) is 11.9. The van der Waals surface area contributed by atoms with E-state index in [0.717, 1.165) is 31.1 Å². The first-order chi connectivity index (χ1) is 10.2. The number of hydrogen-bond acceptors (Lipinski definition) is 4. The molecular weight excluding hydrogens is 269 g/mol. The van der Waals surface area contributed by atoms with Crippen molar-refractivity contribution in [3.05, 3.63) is 30.2 Å². The maximum Gasteiger partial charge on any atom is 0.150 e. The number of rotatable bonds is 4. The summed E-state index contributed by atoms with van der Waals surface area (Å²) in [6.07, 6.45) is 6.00. The summed E-state index contributed by atoms with van der Waals surface area (Å²) in [4.78, 5) is 6.30. The highest BCUT2D eigenvalue weighted by Gasteiger charge is 2.27. The first-order valence-electron chi connectivity index (χ1n) is 7.42. The summed E-state index contributed by atoms with van der Waals surface area (Å²) in [6, 6.07) is 5.28. The molecule has 1 aromatic carbocycles. The fraction of sp³-hybridized carbons (Fsp3) is 0.438. The van der Waals surface area contributed by atoms with Crippen molar-refractivity contribution in [1.82, 2.24) is 4.98 Å². The first kappa shape index (κ1) is 14.1. The fourth-order valence-corrected chi connectivity index (χ4v) is 3.30. The van der Waals surface area contributed by atoms with E-state index in [1.54, 1.807) is 12.3 Å². The van der Waals surface area contributed by atoms with Crippen LogP contribution >= 0.6 is 0 Å². The standard InChI is InChI=1S/C16H20FN3O/c17-13-10-14(18)12-6-3-7-19-15(12)16(13)20(8-9-21)11-4-1-2-5-11/h3,6-7,10-11,21H,1-2,4-5,8-9,18H2. The second kappa shape index (κ2) is 5.85. The van der Waals surface area contributed by atoms with Crippen LogP contribution in [0.3, 0.4) is 0 Å². The van der Waals surface area contributed by atoms with Crippen LogP contribution in [0.4, 0.5) is 15.8 Å². The van der Waals surface area contributed by atoms with E-state index in [-0.39, 0.29) is 18.5 Å². The number of benzene rings is 1. The minimum atomic E-state index is -0.362. The molecule has 1 aliphatic rings. The fourth-order valence-electron chi connectivity index (χ4n) is 3.30. The summed E-state index contributed by atoms with van der Waals surface area (Å²) >= 11 is 0. The Labute approximate surface area is 123 Å². The predicted molar refractivity (Wildman–Crippen MR) is 82.8 cm³/mol. The molecule has 5 heteroatoms. The molecule has 21 heavy (non-hydrogen) atoms. The smallest absolute Gasteiger partial charge is 0.150 e. The van der Waals surface area contributed by atoms with Gasteiger partial charge in [-0.2, -0.15) is 0 Å². The molecule has 0 atom stereocenters. The molecule has 1 fully saturated rings. The van der Waals surface area contributed by atoms with Crippen molar-refractivity contribution < 1.29 is 9.50 Å². The van der Waals surface area contributed by atoms with E-state index in [1.807, 2.05) is 11.0 Å². The molecule has 3 N–H and O–H groups in total. The Bertz CT molecular complexity index is 641. The van der Waals surface area contributed by atoms with Gasteiger partial charge in [-0.25, -0.2) is 4.39 Å². The van der Waals surface area contributed by atoms with Gasteiger partial charge in [0.15, 0.2) is 5.82 Å². The zero-order valence-electron chi connectivity index (χ0n) is 11.9. The Kier molecular flexibility index (Phi) is 3.92. The molecule has 4 nitrogen and oxygen atoms in total. The van der Waals surface area contributed by atoms with Gasteiger partial charge in [-0.15, -0.1) is 0 Å². The molecule has 112 valence electrons. The van der Waals surface area contributed by atoms with Crippen molar-refractivity contribution >= 4 is 22.3 Å². The van der Waals surface area contributed by atoms with Crippen LogP contribution in [0.25, 0.3) is 10.9 Å². The summed E-state index contributed by atoms with van der Waals surface area (Å²) in [7, 11) is 0. The van der Waals surface area contributed by atoms with Crippen molar-refractivity contribution in [2.45, 2.75) is 31.7 Å². The third kappa shape index (κ3) is 2.53. The normalized spacial score (nSPS) is 15.7. The molecular formula is C16H20FN3O. The highest BCUT2D eigenvalue weighted by Crippen LogP contribution is 2.36. The first-order valence-corrected chi connectivity index (χ1v) is 7.42. The van der Waals surface area contributed by atoms with Gasteiger partial charge in [0, 0.05) is 29.9 Å². The van der Waals surface area contributed by atoms with Crippen LogP contribution in [-0.4, -0.2) is 29.3 Å². The van der Waals surface area contributed by atoms with Crippen molar-refractivity contribution in [2.24, 2.45) is 0 Å². The SMILES string of the molecule is Nc1cc(F)c(N(CCO)C2CCCC2)c2ncccc12. The van der Waals surface area contributed by atoms with Gasteiger partial charge in [-0.1, -0.05) is 12.8 Å². The second-order valence-electron chi connectivity index (χ2n) is 5.55. The highest BCUT2D eigenvalue weighted by atomic mass is 19.1. The molecule has 0 amide bonds. The monoisotopic (exact) mass is 289 g/mol. The Morgan fingerprint density at radius 1 is 1.38 bits per heavy atom. The molecule has 1 heterocycles. The number of nitrogen functional groups attached to an aromatic ring is 1. The third-order valence-electron chi connectivity index (χ3n) is 4.25. The Morgan fingerprint density at radius 3 is 2.86 bits per heavy atom. The quantitative estimate of drug-likeness (QED) is 0.850. The van der Waals surface area contributed by atoms with Crippen LogP contribution < -0.4 is 10.6 Å². The number of pyridine rings is 1. The van der Waals surface area contributed by atoms with Crippen molar-refractivity contribution in [2.75, 3.05) is 23.8 Å². The average Bonchev–Trinajstić information content (AvgIpc) is 3.00. The van der Waals surface area contributed by atoms with Gasteiger partial charge in [-0.05, 0) is 31.0 Å². The minimum absolute atomic E-state index is 0.00531. The summed E-state index contributed by atoms with van der Waals surface area (Å²) in [5.41, 5.74) is 7.36. The molecule has 0 saturated heterocycles. The molecule has 0 aliphatic heterocycles. The van der Waals surface area contributed by atoms with Crippen molar-refractivity contribution in [1.29, 1.82) is 0 Å². The van der Waals surface area contributed by atoms with Gasteiger partial charge < -0.3 is 15.7 Å². The van der Waals surface area contributed by atoms with Crippen LogP contribution in [0.2, 0.25) is 0 Å². The molecule has 1 aliphatic carbocycles. The lowest BCUT2D eigenvalue weighted by Crippen LogP contribution is -2.36. The van der Waals surface area contributed by atoms with Crippen LogP contribution in [-0.2, 0) is 0 Å². The molecule has 0 unspecified atom stereocenters. The molecule has 2 aromatic rings. The van der Waals surface area contributed by atoms with E-state index < -0.39 is 0 Å². The number of halogens is 1. The van der Waals surface area contributed by atoms with Crippen LogP contribution in [0.15, 0.2) is 24.4 Å². The molecule has 0 bridgehead atoms. The van der Waals surface area contributed by atoms with Gasteiger partial charge in [0.1, 0.15) is 5.69 Å². The number of hydrogen-bond donors (Lipinski definition) is 2. The minimum Gasteiger partial charge on any atom is -0.398 e. The van der Waals surface area contributed by atoms with E-state index in [0.29, 0.717) is 23.4 Å². The number of nitrogens with two attached hydrogens (primary N) is 1. The van der Waals surface area contributed by atoms with Gasteiger partial charge in [-0.3, -0.25) is 4.98 Å². The maximum atomic E-state index is 14.6. The maximum absolute atomic E-state index is 14.6. The number of aliphatic hydroxyl groups excluding tert-OH is 1. The van der Waals surface area contributed by atoms with Gasteiger partial charge in [0.05, 0.1) is 12.1 Å². The number of fused-ring (bicyclic) bond motifs is 1. The lowest BCUT2D eigenvalue weighted by molar-refractivity contribution is 0.297. The Balaban J connectivity index is 2.16. The van der Waals surface area contributed by atoms with Crippen LogP contribution in [0.1, 0.15) is 25.7 Å². The lowest BCUT2D eigenvalue weighted by Gasteiger charge is -2.31. The van der Waals surface area contributed by atoms with Gasteiger partial charge in [0.25, 0.3) is 0 Å². The summed E-state index contributed by atoms with van der Waals surface area (Å²) in [5.74, 6) is -0.362.